The molecule has 0 atom stereocenters. The summed E-state index contributed by atoms with van der Waals surface area (Å²) < 4.78 is 8.80. The van der Waals surface area contributed by atoms with Crippen LogP contribution in [0.1, 0.15) is 12.0 Å². The molecule has 156 valence electrons. The van der Waals surface area contributed by atoms with Crippen molar-refractivity contribution < 1.29 is 14.9 Å². The summed E-state index contributed by atoms with van der Waals surface area (Å²) in [6.45, 7) is 1.18. The fraction of sp³-hybridized carbons (Fsp3) is 0.190. The van der Waals surface area contributed by atoms with Crippen LogP contribution in [-0.4, -0.2) is 41.8 Å². The molecular formula is C21H21N8O2+. The normalized spacial score (nSPS) is 11.4. The highest BCUT2D eigenvalue weighted by Crippen LogP contribution is 2.24. The van der Waals surface area contributed by atoms with E-state index in [4.69, 9.17) is 4.42 Å². The van der Waals surface area contributed by atoms with Gasteiger partial charge in [0.25, 0.3) is 0 Å². The molecule has 0 aliphatic rings. The molecule has 10 nitrogen and oxygen atoms in total. The Labute approximate surface area is 176 Å². The lowest BCUT2D eigenvalue weighted by Gasteiger charge is -2.04. The van der Waals surface area contributed by atoms with Gasteiger partial charge in [-0.2, -0.15) is 14.6 Å². The lowest BCUT2D eigenvalue weighted by atomic mass is 10.1. The number of rotatable bonds is 7. The highest BCUT2D eigenvalue weighted by molar-refractivity contribution is 5.94. The van der Waals surface area contributed by atoms with E-state index in [1.807, 2.05) is 29.1 Å². The predicted octanol–water partition coefficient (Wildman–Crippen LogP) is 1.55. The monoisotopic (exact) mass is 417 g/mol. The number of furan rings is 1. The number of carbonyl (C=O) groups is 1. The fourth-order valence-corrected chi connectivity index (χ4v) is 3.37. The van der Waals surface area contributed by atoms with Gasteiger partial charge < -0.3 is 10.2 Å². The molecule has 0 aliphatic heterocycles. The Morgan fingerprint density at radius 3 is 2.74 bits per heavy atom. The van der Waals surface area contributed by atoms with Gasteiger partial charge in [0.1, 0.15) is 0 Å². The fourth-order valence-electron chi connectivity index (χ4n) is 3.37. The third kappa shape index (κ3) is 3.76. The smallest absolute Gasteiger partial charge is 0.234 e. The number of aryl methyl sites for hydroxylation is 2. The summed E-state index contributed by atoms with van der Waals surface area (Å²) in [5.41, 5.74) is 5.99. The number of benzene rings is 1. The Bertz CT molecular complexity index is 1340. The highest BCUT2D eigenvalue weighted by Gasteiger charge is 2.19. The summed E-state index contributed by atoms with van der Waals surface area (Å²) in [6.07, 6.45) is 4.59. The van der Waals surface area contributed by atoms with Crippen molar-refractivity contribution in [3.63, 3.8) is 0 Å². The van der Waals surface area contributed by atoms with Crippen LogP contribution in [0.5, 0.6) is 0 Å². The van der Waals surface area contributed by atoms with E-state index in [0.717, 1.165) is 11.8 Å². The molecule has 10 heteroatoms. The molecule has 0 spiro atoms. The number of carbonyl (C=O) groups excluding carboxylic acids is 1. The molecule has 0 aliphatic carbocycles. The molecule has 5 aromatic rings. The van der Waals surface area contributed by atoms with Gasteiger partial charge in [-0.3, -0.25) is 14.8 Å². The van der Waals surface area contributed by atoms with Crippen LogP contribution < -0.4 is 11.1 Å². The molecule has 0 bridgehead atoms. The molecule has 4 N–H and O–H groups in total. The first kappa shape index (κ1) is 18.9. The lowest BCUT2D eigenvalue weighted by molar-refractivity contribution is -0.365. The van der Waals surface area contributed by atoms with Gasteiger partial charge in [0.2, 0.25) is 17.7 Å². The molecule has 0 radical (unpaired) electrons. The minimum Gasteiger partial charge on any atom is -0.461 e. The van der Waals surface area contributed by atoms with Gasteiger partial charge in [0.05, 0.1) is 24.6 Å². The molecule has 5 rings (SSSR count). The second-order valence-corrected chi connectivity index (χ2v) is 7.10. The van der Waals surface area contributed by atoms with Crippen LogP contribution in [0.4, 0.5) is 5.95 Å². The molecule has 0 fully saturated rings. The molecule has 0 unspecified atom stereocenters. The zero-order valence-corrected chi connectivity index (χ0v) is 16.7. The van der Waals surface area contributed by atoms with Crippen LogP contribution in [-0.2, 0) is 17.8 Å². The van der Waals surface area contributed by atoms with E-state index in [-0.39, 0.29) is 18.3 Å². The maximum Gasteiger partial charge on any atom is 0.234 e. The van der Waals surface area contributed by atoms with Crippen LogP contribution in [0, 0.1) is 0 Å². The first-order valence-corrected chi connectivity index (χ1v) is 10.0. The van der Waals surface area contributed by atoms with Crippen LogP contribution in [0.3, 0.4) is 0 Å². The van der Waals surface area contributed by atoms with Crippen molar-refractivity contribution in [3.8, 4) is 11.6 Å². The predicted molar refractivity (Wildman–Crippen MR) is 113 cm³/mol. The van der Waals surface area contributed by atoms with Crippen LogP contribution in [0.15, 0.2) is 59.3 Å². The topological polar surface area (TPSA) is 131 Å². The molecule has 1 amide bonds. The SMILES string of the molecule is [NH3+]CCC(=O)Nc1nc2nn(CCc3ccccc3)cc2c2nc(-c3ccco3)nn12. The van der Waals surface area contributed by atoms with Crippen molar-refractivity contribution in [2.24, 2.45) is 0 Å². The van der Waals surface area contributed by atoms with E-state index in [0.29, 0.717) is 36.0 Å². The van der Waals surface area contributed by atoms with Crippen molar-refractivity contribution in [1.82, 2.24) is 29.4 Å². The first-order chi connectivity index (χ1) is 15.2. The van der Waals surface area contributed by atoms with Gasteiger partial charge in [-0.15, -0.1) is 5.10 Å². The molecule has 1 aromatic carbocycles. The zero-order chi connectivity index (χ0) is 21.2. The summed E-state index contributed by atoms with van der Waals surface area (Å²) in [5.74, 6) is 1.01. The lowest BCUT2D eigenvalue weighted by Crippen LogP contribution is -2.51. The van der Waals surface area contributed by atoms with E-state index in [9.17, 15) is 4.79 Å². The number of nitrogens with zero attached hydrogens (tertiary/aromatic N) is 6. The Kier molecular flexibility index (Phi) is 4.89. The van der Waals surface area contributed by atoms with E-state index < -0.39 is 0 Å². The number of amides is 1. The number of anilines is 1. The molecule has 4 heterocycles. The number of quaternary nitrogens is 1. The second kappa shape index (κ2) is 8.00. The Morgan fingerprint density at radius 2 is 1.97 bits per heavy atom. The van der Waals surface area contributed by atoms with E-state index >= 15 is 0 Å². The van der Waals surface area contributed by atoms with Crippen LogP contribution >= 0.6 is 0 Å². The zero-order valence-electron chi connectivity index (χ0n) is 16.7. The van der Waals surface area contributed by atoms with Crippen molar-refractivity contribution in [2.75, 3.05) is 11.9 Å². The summed E-state index contributed by atoms with van der Waals surface area (Å²) in [7, 11) is 0. The summed E-state index contributed by atoms with van der Waals surface area (Å²) in [4.78, 5) is 21.4. The number of fused-ring (bicyclic) bond motifs is 3. The first-order valence-electron chi connectivity index (χ1n) is 10.0. The van der Waals surface area contributed by atoms with Crippen LogP contribution in [0.2, 0.25) is 0 Å². The summed E-state index contributed by atoms with van der Waals surface area (Å²) in [5, 5.41) is 12.6. The highest BCUT2D eigenvalue weighted by atomic mass is 16.3. The van der Waals surface area contributed by atoms with Crippen LogP contribution in [0.25, 0.3) is 28.3 Å². The Balaban J connectivity index is 1.57. The van der Waals surface area contributed by atoms with Gasteiger partial charge in [0.15, 0.2) is 17.1 Å². The number of hydrogen-bond donors (Lipinski definition) is 2. The van der Waals surface area contributed by atoms with E-state index in [1.165, 1.54) is 10.1 Å². The van der Waals surface area contributed by atoms with E-state index in [1.54, 1.807) is 18.4 Å². The quantitative estimate of drug-likeness (QED) is 0.413. The minimum absolute atomic E-state index is 0.193. The molecule has 4 aromatic heterocycles. The third-order valence-corrected chi connectivity index (χ3v) is 4.87. The molecule has 31 heavy (non-hydrogen) atoms. The average molecular weight is 417 g/mol. The number of hydrogen-bond acceptors (Lipinski definition) is 6. The molecular weight excluding hydrogens is 396 g/mol. The van der Waals surface area contributed by atoms with Crippen molar-refractivity contribution in [1.29, 1.82) is 0 Å². The Morgan fingerprint density at radius 1 is 1.10 bits per heavy atom. The largest absolute Gasteiger partial charge is 0.461 e. The summed E-state index contributed by atoms with van der Waals surface area (Å²) >= 11 is 0. The second-order valence-electron chi connectivity index (χ2n) is 7.10. The number of aromatic nitrogens is 6. The van der Waals surface area contributed by atoms with Gasteiger partial charge in [-0.05, 0) is 24.1 Å². The molecule has 0 saturated carbocycles. The maximum atomic E-state index is 12.2. The molecule has 0 saturated heterocycles. The van der Waals surface area contributed by atoms with Gasteiger partial charge in [0, 0.05) is 12.7 Å². The average Bonchev–Trinajstić information content (AvgIpc) is 3.51. The van der Waals surface area contributed by atoms with Crippen molar-refractivity contribution in [3.05, 3.63) is 60.5 Å². The maximum absolute atomic E-state index is 12.2. The van der Waals surface area contributed by atoms with E-state index in [2.05, 4.69) is 43.3 Å². The standard InChI is InChI=1S/C21H20N8O2/c22-10-8-17(30)23-21-25-18-15(13-28(26-18)11-9-14-5-2-1-3-6-14)20-24-19(27-29(20)21)16-7-4-12-31-16/h1-7,12-13H,8-11,22H2,(H,23,25,26,30)/p+1. The number of nitrogens with one attached hydrogen (secondary N) is 1. The van der Waals surface area contributed by atoms with Crippen molar-refractivity contribution in [2.45, 2.75) is 19.4 Å². The minimum atomic E-state index is -0.193. The van der Waals surface area contributed by atoms with Gasteiger partial charge in [-0.25, -0.2) is 4.98 Å². The van der Waals surface area contributed by atoms with Gasteiger partial charge >= 0.3 is 0 Å². The third-order valence-electron chi connectivity index (χ3n) is 4.87. The van der Waals surface area contributed by atoms with Gasteiger partial charge in [-0.1, -0.05) is 30.3 Å². The summed E-state index contributed by atoms with van der Waals surface area (Å²) in [6, 6.07) is 13.8. The van der Waals surface area contributed by atoms with Crippen molar-refractivity contribution >= 4 is 28.5 Å². The Hall–Kier alpha value is -4.05.